The van der Waals surface area contributed by atoms with E-state index in [1.165, 1.54) is 5.56 Å². The molecule has 0 aliphatic heterocycles. The molecule has 6 heteroatoms. The summed E-state index contributed by atoms with van der Waals surface area (Å²) in [5.74, 6) is 0. The molecule has 6 nitrogen and oxygen atoms in total. The van der Waals surface area contributed by atoms with E-state index in [2.05, 4.69) is 44.8 Å². The fourth-order valence-electron chi connectivity index (χ4n) is 2.00. The van der Waals surface area contributed by atoms with Crippen LogP contribution in [0.15, 0.2) is 49.2 Å². The number of aromatic nitrogens is 5. The van der Waals surface area contributed by atoms with Crippen molar-refractivity contribution in [2.24, 2.45) is 7.05 Å². The number of aryl methyl sites for hydroxylation is 1. The molecule has 2 aromatic heterocycles. The number of anilines is 1. The molecule has 0 amide bonds. The van der Waals surface area contributed by atoms with E-state index in [4.69, 9.17) is 0 Å². The van der Waals surface area contributed by atoms with Gasteiger partial charge in [0.15, 0.2) is 0 Å². The SMILES string of the molecule is Cn1nccc1CNc1ccc(Cn2cncn2)cc1. The summed E-state index contributed by atoms with van der Waals surface area (Å²) in [7, 11) is 1.94. The summed E-state index contributed by atoms with van der Waals surface area (Å²) >= 11 is 0. The fraction of sp³-hybridized carbons (Fsp3) is 0.214. The zero-order chi connectivity index (χ0) is 13.8. The lowest BCUT2D eigenvalue weighted by Crippen LogP contribution is -2.05. The van der Waals surface area contributed by atoms with Crippen LogP contribution in [0.2, 0.25) is 0 Å². The van der Waals surface area contributed by atoms with Crippen LogP contribution >= 0.6 is 0 Å². The van der Waals surface area contributed by atoms with Gasteiger partial charge in [-0.2, -0.15) is 10.2 Å². The van der Waals surface area contributed by atoms with Crippen LogP contribution in [0.3, 0.4) is 0 Å². The van der Waals surface area contributed by atoms with Gasteiger partial charge in [-0.25, -0.2) is 9.67 Å². The maximum atomic E-state index is 4.15. The molecular weight excluding hydrogens is 252 g/mol. The number of hydrogen-bond acceptors (Lipinski definition) is 4. The Labute approximate surface area is 117 Å². The average molecular weight is 268 g/mol. The molecule has 0 bridgehead atoms. The standard InChI is InChI=1S/C14H16N6/c1-19-14(6-7-17-19)8-16-13-4-2-12(3-5-13)9-20-11-15-10-18-20/h2-7,10-11,16H,8-9H2,1H3. The first kappa shape index (κ1) is 12.4. The van der Waals surface area contributed by atoms with E-state index < -0.39 is 0 Å². The predicted octanol–water partition coefficient (Wildman–Crippen LogP) is 1.67. The van der Waals surface area contributed by atoms with Crippen molar-refractivity contribution < 1.29 is 0 Å². The van der Waals surface area contributed by atoms with Crippen molar-refractivity contribution in [2.45, 2.75) is 13.1 Å². The third-order valence-corrected chi connectivity index (χ3v) is 3.16. The lowest BCUT2D eigenvalue weighted by molar-refractivity contribution is 0.685. The minimum atomic E-state index is 0.738. The molecule has 0 fully saturated rings. The zero-order valence-corrected chi connectivity index (χ0v) is 11.3. The highest BCUT2D eigenvalue weighted by Gasteiger charge is 1.99. The molecule has 0 unspecified atom stereocenters. The van der Waals surface area contributed by atoms with Gasteiger partial charge in [0.05, 0.1) is 18.8 Å². The summed E-state index contributed by atoms with van der Waals surface area (Å²) in [6.45, 7) is 1.50. The smallest absolute Gasteiger partial charge is 0.137 e. The van der Waals surface area contributed by atoms with Gasteiger partial charge < -0.3 is 5.32 Å². The fourth-order valence-corrected chi connectivity index (χ4v) is 2.00. The van der Waals surface area contributed by atoms with Crippen molar-refractivity contribution in [3.05, 3.63) is 60.4 Å². The summed E-state index contributed by atoms with van der Waals surface area (Å²) in [5, 5.41) is 11.6. The molecule has 1 N–H and O–H groups in total. The van der Waals surface area contributed by atoms with Crippen LogP contribution in [0, 0.1) is 0 Å². The number of nitrogens with zero attached hydrogens (tertiary/aromatic N) is 5. The lowest BCUT2D eigenvalue weighted by atomic mass is 10.2. The van der Waals surface area contributed by atoms with Crippen molar-refractivity contribution in [3.8, 4) is 0 Å². The van der Waals surface area contributed by atoms with Gasteiger partial charge >= 0.3 is 0 Å². The van der Waals surface area contributed by atoms with Crippen molar-refractivity contribution in [1.82, 2.24) is 24.5 Å². The Morgan fingerprint density at radius 1 is 1.10 bits per heavy atom. The summed E-state index contributed by atoms with van der Waals surface area (Å²) in [6, 6.07) is 10.3. The van der Waals surface area contributed by atoms with E-state index in [0.717, 1.165) is 24.5 Å². The van der Waals surface area contributed by atoms with E-state index in [1.807, 2.05) is 17.8 Å². The van der Waals surface area contributed by atoms with Gasteiger partial charge in [0.2, 0.25) is 0 Å². The molecule has 0 atom stereocenters. The second-order valence-corrected chi connectivity index (χ2v) is 4.59. The van der Waals surface area contributed by atoms with Crippen LogP contribution in [0.4, 0.5) is 5.69 Å². The molecule has 20 heavy (non-hydrogen) atoms. The van der Waals surface area contributed by atoms with E-state index in [1.54, 1.807) is 23.5 Å². The highest BCUT2D eigenvalue weighted by atomic mass is 15.3. The summed E-state index contributed by atoms with van der Waals surface area (Å²) in [5.41, 5.74) is 3.44. The Kier molecular flexibility index (Phi) is 3.45. The third kappa shape index (κ3) is 2.85. The highest BCUT2D eigenvalue weighted by Crippen LogP contribution is 2.11. The largest absolute Gasteiger partial charge is 0.379 e. The second-order valence-electron chi connectivity index (χ2n) is 4.59. The number of benzene rings is 1. The Bertz CT molecular complexity index is 653. The third-order valence-electron chi connectivity index (χ3n) is 3.16. The van der Waals surface area contributed by atoms with E-state index in [-0.39, 0.29) is 0 Å². The minimum Gasteiger partial charge on any atom is -0.379 e. The van der Waals surface area contributed by atoms with E-state index in [0.29, 0.717) is 0 Å². The molecule has 0 spiro atoms. The second kappa shape index (κ2) is 5.56. The maximum absolute atomic E-state index is 4.15. The molecule has 1 aromatic carbocycles. The number of hydrogen-bond donors (Lipinski definition) is 1. The maximum Gasteiger partial charge on any atom is 0.137 e. The van der Waals surface area contributed by atoms with Crippen LogP contribution in [-0.2, 0) is 20.1 Å². The quantitative estimate of drug-likeness (QED) is 0.764. The van der Waals surface area contributed by atoms with Crippen molar-refractivity contribution >= 4 is 5.69 Å². The monoisotopic (exact) mass is 268 g/mol. The van der Waals surface area contributed by atoms with Crippen LogP contribution < -0.4 is 5.32 Å². The zero-order valence-electron chi connectivity index (χ0n) is 11.3. The first-order chi connectivity index (χ1) is 9.81. The van der Waals surface area contributed by atoms with Gasteiger partial charge in [0, 0.05) is 18.9 Å². The molecule has 0 saturated carbocycles. The topological polar surface area (TPSA) is 60.6 Å². The summed E-state index contributed by atoms with van der Waals surface area (Å²) in [4.78, 5) is 3.93. The average Bonchev–Trinajstić information content (AvgIpc) is 3.10. The highest BCUT2D eigenvalue weighted by molar-refractivity contribution is 5.44. The predicted molar refractivity (Wildman–Crippen MR) is 76.1 cm³/mol. The number of nitrogens with one attached hydrogen (secondary N) is 1. The summed E-state index contributed by atoms with van der Waals surface area (Å²) in [6.07, 6.45) is 5.07. The van der Waals surface area contributed by atoms with Crippen molar-refractivity contribution in [3.63, 3.8) is 0 Å². The minimum absolute atomic E-state index is 0.738. The van der Waals surface area contributed by atoms with Gasteiger partial charge in [-0.1, -0.05) is 12.1 Å². The van der Waals surface area contributed by atoms with Gasteiger partial charge in [-0.15, -0.1) is 0 Å². The molecule has 0 radical (unpaired) electrons. The summed E-state index contributed by atoms with van der Waals surface area (Å²) < 4.78 is 3.67. The molecule has 0 aliphatic rings. The first-order valence-corrected chi connectivity index (χ1v) is 6.43. The Balaban J connectivity index is 1.60. The molecule has 3 aromatic rings. The van der Waals surface area contributed by atoms with Crippen LogP contribution in [0.25, 0.3) is 0 Å². The van der Waals surface area contributed by atoms with Crippen molar-refractivity contribution in [2.75, 3.05) is 5.32 Å². The van der Waals surface area contributed by atoms with Gasteiger partial charge in [-0.3, -0.25) is 4.68 Å². The Morgan fingerprint density at radius 2 is 1.95 bits per heavy atom. The van der Waals surface area contributed by atoms with E-state index >= 15 is 0 Å². The molecule has 3 rings (SSSR count). The Morgan fingerprint density at radius 3 is 2.60 bits per heavy atom. The van der Waals surface area contributed by atoms with Gasteiger partial charge in [-0.05, 0) is 23.8 Å². The molecular formula is C14H16N6. The van der Waals surface area contributed by atoms with Crippen LogP contribution in [0.5, 0.6) is 0 Å². The van der Waals surface area contributed by atoms with Gasteiger partial charge in [0.25, 0.3) is 0 Å². The normalized spacial score (nSPS) is 10.7. The Hall–Kier alpha value is -2.63. The number of rotatable bonds is 5. The lowest BCUT2D eigenvalue weighted by Gasteiger charge is -2.08. The molecule has 0 saturated heterocycles. The molecule has 0 aliphatic carbocycles. The van der Waals surface area contributed by atoms with Crippen molar-refractivity contribution in [1.29, 1.82) is 0 Å². The van der Waals surface area contributed by atoms with Crippen LogP contribution in [0.1, 0.15) is 11.3 Å². The molecule has 2 heterocycles. The van der Waals surface area contributed by atoms with Crippen LogP contribution in [-0.4, -0.2) is 24.5 Å². The molecule has 102 valence electrons. The van der Waals surface area contributed by atoms with E-state index in [9.17, 15) is 0 Å². The van der Waals surface area contributed by atoms with Gasteiger partial charge in [0.1, 0.15) is 12.7 Å². The first-order valence-electron chi connectivity index (χ1n) is 6.43.